The van der Waals surface area contributed by atoms with Crippen LogP contribution in [-0.2, 0) is 23.1 Å². The van der Waals surface area contributed by atoms with Crippen molar-refractivity contribution in [2.24, 2.45) is 23.4 Å². The molecule has 8 heteroatoms. The van der Waals surface area contributed by atoms with Gasteiger partial charge in [0, 0.05) is 56.9 Å². The Balaban J connectivity index is 1.50. The van der Waals surface area contributed by atoms with Crippen molar-refractivity contribution in [3.8, 4) is 0 Å². The quantitative estimate of drug-likeness (QED) is 0.306. The lowest BCUT2D eigenvalue weighted by Crippen LogP contribution is -2.33. The van der Waals surface area contributed by atoms with Crippen LogP contribution in [0.5, 0.6) is 0 Å². The standard InChI is InChI=1S/C35H43N5O3/c1-9-14-36-29-17-27-20-40(18-23(4)43-31(27)15-22(29)3)19-26-16-25(11-10-21(26)2)32(35(6,7)34(41)42)28-12-13-30-33(24(28)5)37-38-39(30)8/h9-16,23,27,32H,1,17-20H2,2-8H3,(H,41,42)/t23-,27?,32?/m1/s1. The largest absolute Gasteiger partial charge is 0.493 e. The summed E-state index contributed by atoms with van der Waals surface area (Å²) in [5.41, 5.74) is 8.14. The average Bonchev–Trinajstić information content (AvgIpc) is 3.25. The van der Waals surface area contributed by atoms with Crippen LogP contribution in [0.3, 0.4) is 0 Å². The van der Waals surface area contributed by atoms with E-state index in [1.165, 1.54) is 11.1 Å². The maximum atomic E-state index is 12.7. The molecule has 0 spiro atoms. The van der Waals surface area contributed by atoms with Gasteiger partial charge in [0.25, 0.3) is 0 Å². The maximum Gasteiger partial charge on any atom is 0.310 e. The Labute approximate surface area is 254 Å². The molecule has 1 aliphatic heterocycles. The molecular formula is C35H43N5O3. The highest BCUT2D eigenvalue weighted by atomic mass is 16.5. The number of carboxylic acids is 1. The summed E-state index contributed by atoms with van der Waals surface area (Å²) in [5, 5.41) is 19.0. The van der Waals surface area contributed by atoms with Crippen molar-refractivity contribution in [3.05, 3.63) is 93.9 Å². The number of hydrogen-bond acceptors (Lipinski definition) is 6. The summed E-state index contributed by atoms with van der Waals surface area (Å²) in [4.78, 5) is 19.8. The SMILES string of the molecule is C=CC=NC1=C(C)C=C2O[C@H](C)CN(Cc3cc(C(c4ccc5c(nnn5C)c4C)C(C)(C)C(=O)O)ccc3C)CC2C1. The number of nitrogens with zero attached hydrogens (tertiary/aromatic N) is 5. The molecule has 226 valence electrons. The fraction of sp³-hybridized carbons (Fsp3) is 0.429. The lowest BCUT2D eigenvalue weighted by molar-refractivity contribution is -0.147. The third-order valence-corrected chi connectivity index (χ3v) is 9.09. The van der Waals surface area contributed by atoms with E-state index in [-0.39, 0.29) is 17.9 Å². The van der Waals surface area contributed by atoms with Crippen molar-refractivity contribution in [3.63, 3.8) is 0 Å². The minimum atomic E-state index is -1.06. The first kappa shape index (κ1) is 30.4. The predicted molar refractivity (Wildman–Crippen MR) is 171 cm³/mol. The van der Waals surface area contributed by atoms with E-state index in [1.807, 2.05) is 40.0 Å². The van der Waals surface area contributed by atoms with Crippen LogP contribution in [0, 0.1) is 25.2 Å². The van der Waals surface area contributed by atoms with Crippen LogP contribution in [0.15, 0.2) is 71.1 Å². The summed E-state index contributed by atoms with van der Waals surface area (Å²) in [5.74, 6) is 0.0305. The van der Waals surface area contributed by atoms with Crippen LogP contribution in [-0.4, -0.2) is 56.4 Å². The first-order valence-corrected chi connectivity index (χ1v) is 15.0. The molecule has 0 saturated carbocycles. The van der Waals surface area contributed by atoms with Crippen LogP contribution >= 0.6 is 0 Å². The average molecular weight is 582 g/mol. The molecule has 3 atom stereocenters. The zero-order chi connectivity index (χ0) is 31.1. The van der Waals surface area contributed by atoms with Gasteiger partial charge in [0.15, 0.2) is 0 Å². The van der Waals surface area contributed by atoms with Crippen LogP contribution in [0.4, 0.5) is 0 Å². The Bertz CT molecular complexity index is 1660. The van der Waals surface area contributed by atoms with Gasteiger partial charge in [-0.3, -0.25) is 14.7 Å². The Morgan fingerprint density at radius 2 is 2.00 bits per heavy atom. The highest BCUT2D eigenvalue weighted by Crippen LogP contribution is 2.44. The number of aryl methyl sites for hydroxylation is 3. The lowest BCUT2D eigenvalue weighted by Gasteiger charge is -2.33. The van der Waals surface area contributed by atoms with E-state index in [1.54, 1.807) is 17.0 Å². The number of rotatable bonds is 8. The molecular weight excluding hydrogens is 538 g/mol. The molecule has 1 aromatic heterocycles. The highest BCUT2D eigenvalue weighted by Gasteiger charge is 2.40. The second-order valence-corrected chi connectivity index (χ2v) is 12.7. The molecule has 5 rings (SSSR count). The van der Waals surface area contributed by atoms with Crippen molar-refractivity contribution in [1.82, 2.24) is 19.9 Å². The number of aliphatic imine (C=N–C) groups is 1. The normalized spacial score (nSPS) is 20.5. The van der Waals surface area contributed by atoms with Crippen molar-refractivity contribution in [1.29, 1.82) is 0 Å². The molecule has 8 nitrogen and oxygen atoms in total. The van der Waals surface area contributed by atoms with Crippen molar-refractivity contribution in [2.75, 3.05) is 13.1 Å². The molecule has 0 bridgehead atoms. The van der Waals surface area contributed by atoms with E-state index in [2.05, 4.69) is 71.8 Å². The maximum absolute atomic E-state index is 12.7. The Hall–Kier alpha value is -4.04. The highest BCUT2D eigenvalue weighted by molar-refractivity contribution is 5.81. The van der Waals surface area contributed by atoms with Crippen LogP contribution in [0.1, 0.15) is 67.9 Å². The van der Waals surface area contributed by atoms with E-state index in [0.717, 1.165) is 70.8 Å². The van der Waals surface area contributed by atoms with Gasteiger partial charge in [-0.25, -0.2) is 4.68 Å². The van der Waals surface area contributed by atoms with Gasteiger partial charge in [-0.15, -0.1) is 5.10 Å². The van der Waals surface area contributed by atoms with E-state index in [0.29, 0.717) is 0 Å². The summed E-state index contributed by atoms with van der Waals surface area (Å²) < 4.78 is 8.16. The number of ether oxygens (including phenoxy) is 1. The number of hydrogen-bond donors (Lipinski definition) is 1. The number of aromatic nitrogens is 3. The number of carboxylic acid groups (broad SMARTS) is 1. The first-order chi connectivity index (χ1) is 20.4. The molecule has 1 saturated heterocycles. The minimum absolute atomic E-state index is 0.0471. The smallest absolute Gasteiger partial charge is 0.310 e. The topological polar surface area (TPSA) is 92.8 Å². The summed E-state index contributed by atoms with van der Waals surface area (Å²) in [6.45, 7) is 18.1. The van der Waals surface area contributed by atoms with Gasteiger partial charge in [-0.05, 0) is 87.1 Å². The van der Waals surface area contributed by atoms with Crippen LogP contribution in [0.25, 0.3) is 11.0 Å². The predicted octanol–water partition coefficient (Wildman–Crippen LogP) is 6.48. The van der Waals surface area contributed by atoms with E-state index in [9.17, 15) is 9.90 Å². The lowest BCUT2D eigenvalue weighted by atomic mass is 9.69. The molecule has 1 aliphatic carbocycles. The van der Waals surface area contributed by atoms with Gasteiger partial charge in [-0.1, -0.05) is 42.1 Å². The van der Waals surface area contributed by atoms with Crippen molar-refractivity contribution < 1.29 is 14.6 Å². The van der Waals surface area contributed by atoms with Gasteiger partial charge in [0.05, 0.1) is 10.9 Å². The number of benzene rings is 2. The summed E-state index contributed by atoms with van der Waals surface area (Å²) >= 11 is 0. The molecule has 43 heavy (non-hydrogen) atoms. The number of allylic oxidation sites excluding steroid dienone is 4. The molecule has 1 fully saturated rings. The zero-order valence-corrected chi connectivity index (χ0v) is 26.4. The Kier molecular flexibility index (Phi) is 8.43. The summed E-state index contributed by atoms with van der Waals surface area (Å²) in [7, 11) is 1.87. The molecule has 2 unspecified atom stereocenters. The van der Waals surface area contributed by atoms with E-state index >= 15 is 0 Å². The molecule has 0 radical (unpaired) electrons. The van der Waals surface area contributed by atoms with Gasteiger partial charge in [0.1, 0.15) is 17.4 Å². The second kappa shape index (κ2) is 11.9. The van der Waals surface area contributed by atoms with Crippen LogP contribution < -0.4 is 0 Å². The Morgan fingerprint density at radius 1 is 1.23 bits per heavy atom. The number of carbonyl (C=O) groups is 1. The van der Waals surface area contributed by atoms with Gasteiger partial charge < -0.3 is 9.84 Å². The second-order valence-electron chi connectivity index (χ2n) is 12.7. The van der Waals surface area contributed by atoms with Gasteiger partial charge in [-0.2, -0.15) is 0 Å². The molecule has 1 N–H and O–H groups in total. The third-order valence-electron chi connectivity index (χ3n) is 9.09. The summed E-state index contributed by atoms with van der Waals surface area (Å²) in [6.07, 6.45) is 6.47. The molecule has 2 aliphatic rings. The van der Waals surface area contributed by atoms with Crippen molar-refractivity contribution >= 4 is 23.2 Å². The minimum Gasteiger partial charge on any atom is -0.493 e. The Morgan fingerprint density at radius 3 is 2.72 bits per heavy atom. The van der Waals surface area contributed by atoms with Gasteiger partial charge >= 0.3 is 5.97 Å². The molecule has 3 aromatic rings. The fourth-order valence-corrected chi connectivity index (χ4v) is 6.59. The zero-order valence-electron chi connectivity index (χ0n) is 26.4. The summed E-state index contributed by atoms with van der Waals surface area (Å²) in [6, 6.07) is 10.5. The van der Waals surface area contributed by atoms with Crippen LogP contribution in [0.2, 0.25) is 0 Å². The fourth-order valence-electron chi connectivity index (χ4n) is 6.59. The van der Waals surface area contributed by atoms with E-state index < -0.39 is 11.4 Å². The molecule has 2 aromatic carbocycles. The third kappa shape index (κ3) is 5.93. The number of fused-ring (bicyclic) bond motifs is 2. The number of aliphatic carboxylic acids is 1. The van der Waals surface area contributed by atoms with E-state index in [4.69, 9.17) is 4.74 Å². The van der Waals surface area contributed by atoms with Gasteiger partial charge in [0.2, 0.25) is 0 Å². The molecule has 2 heterocycles. The monoisotopic (exact) mass is 581 g/mol. The van der Waals surface area contributed by atoms with Crippen molar-refractivity contribution in [2.45, 2.75) is 66.5 Å². The first-order valence-electron chi connectivity index (χ1n) is 15.0. The molecule has 0 amide bonds.